The molecule has 0 aliphatic heterocycles. The fourth-order valence-electron chi connectivity index (χ4n) is 1.71. The molecule has 0 bridgehead atoms. The summed E-state index contributed by atoms with van der Waals surface area (Å²) in [7, 11) is -3.50. The lowest BCUT2D eigenvalue weighted by molar-refractivity contribution is -0.385. The van der Waals surface area contributed by atoms with E-state index in [1.165, 1.54) is 18.3 Å². The van der Waals surface area contributed by atoms with Gasteiger partial charge in [-0.3, -0.25) is 15.5 Å². The highest BCUT2D eigenvalue weighted by atomic mass is 32.2. The standard InChI is InChI=1S/C14H13N3O4S/c1-22(20,21)13-8-7-11(14(9-13)17(18)19)10-15-16-12-5-3-2-4-6-12/h2-10,16H,1H3. The molecule has 0 radical (unpaired) electrons. The fraction of sp³-hybridized carbons (Fsp3) is 0.0714. The third-order valence-electron chi connectivity index (χ3n) is 2.80. The second-order valence-electron chi connectivity index (χ2n) is 4.49. The van der Waals surface area contributed by atoms with Crippen molar-refractivity contribution in [2.75, 3.05) is 11.7 Å². The van der Waals surface area contributed by atoms with E-state index in [0.29, 0.717) is 0 Å². The van der Waals surface area contributed by atoms with Gasteiger partial charge in [0.15, 0.2) is 9.84 Å². The summed E-state index contributed by atoms with van der Waals surface area (Å²) < 4.78 is 22.9. The van der Waals surface area contributed by atoms with Gasteiger partial charge in [0.2, 0.25) is 0 Å². The number of benzene rings is 2. The average Bonchev–Trinajstić information content (AvgIpc) is 2.47. The predicted molar refractivity (Wildman–Crippen MR) is 83.9 cm³/mol. The van der Waals surface area contributed by atoms with E-state index in [1.54, 1.807) is 12.1 Å². The second-order valence-corrected chi connectivity index (χ2v) is 6.50. The van der Waals surface area contributed by atoms with E-state index in [0.717, 1.165) is 18.0 Å². The highest BCUT2D eigenvalue weighted by molar-refractivity contribution is 7.90. The Morgan fingerprint density at radius 2 is 1.86 bits per heavy atom. The second kappa shape index (κ2) is 6.35. The van der Waals surface area contributed by atoms with Crippen LogP contribution in [0.3, 0.4) is 0 Å². The Hall–Kier alpha value is -2.74. The van der Waals surface area contributed by atoms with Crippen LogP contribution in [0.5, 0.6) is 0 Å². The highest BCUT2D eigenvalue weighted by Gasteiger charge is 2.17. The molecular weight excluding hydrogens is 306 g/mol. The van der Waals surface area contributed by atoms with Crippen LogP contribution < -0.4 is 5.43 Å². The number of hydrazone groups is 1. The number of nitrogens with zero attached hydrogens (tertiary/aromatic N) is 2. The van der Waals surface area contributed by atoms with E-state index in [4.69, 9.17) is 0 Å². The van der Waals surface area contributed by atoms with Crippen LogP contribution in [0, 0.1) is 10.1 Å². The lowest BCUT2D eigenvalue weighted by Crippen LogP contribution is -2.02. The number of nitrogens with one attached hydrogen (secondary N) is 1. The molecule has 2 aromatic carbocycles. The summed E-state index contributed by atoms with van der Waals surface area (Å²) in [6.07, 6.45) is 2.27. The van der Waals surface area contributed by atoms with Gasteiger partial charge in [-0.1, -0.05) is 18.2 Å². The van der Waals surface area contributed by atoms with Crippen molar-refractivity contribution in [2.24, 2.45) is 5.10 Å². The fourth-order valence-corrected chi connectivity index (χ4v) is 2.35. The van der Waals surface area contributed by atoms with E-state index in [-0.39, 0.29) is 16.1 Å². The van der Waals surface area contributed by atoms with Crippen LogP contribution in [0.2, 0.25) is 0 Å². The summed E-state index contributed by atoms with van der Waals surface area (Å²) in [6, 6.07) is 12.8. The molecule has 0 heterocycles. The lowest BCUT2D eigenvalue weighted by atomic mass is 10.2. The van der Waals surface area contributed by atoms with Gasteiger partial charge in [0.25, 0.3) is 5.69 Å². The Labute approximate surface area is 127 Å². The molecule has 22 heavy (non-hydrogen) atoms. The molecule has 0 saturated carbocycles. The van der Waals surface area contributed by atoms with Gasteiger partial charge < -0.3 is 0 Å². The first-order chi connectivity index (χ1) is 10.4. The van der Waals surface area contributed by atoms with Crippen molar-refractivity contribution in [3.8, 4) is 0 Å². The molecule has 0 amide bonds. The third kappa shape index (κ3) is 3.89. The number of hydrogen-bond acceptors (Lipinski definition) is 6. The zero-order valence-corrected chi connectivity index (χ0v) is 12.4. The maximum atomic E-state index is 11.4. The Kier molecular flexibility index (Phi) is 4.52. The molecular formula is C14H13N3O4S. The molecule has 0 spiro atoms. The van der Waals surface area contributed by atoms with Crippen molar-refractivity contribution in [3.05, 3.63) is 64.2 Å². The predicted octanol–water partition coefficient (Wildman–Crippen LogP) is 2.44. The molecule has 0 saturated heterocycles. The van der Waals surface area contributed by atoms with Crippen molar-refractivity contribution in [2.45, 2.75) is 4.90 Å². The van der Waals surface area contributed by atoms with Gasteiger partial charge in [0, 0.05) is 12.3 Å². The van der Waals surface area contributed by atoms with E-state index in [9.17, 15) is 18.5 Å². The minimum absolute atomic E-state index is 0.104. The summed E-state index contributed by atoms with van der Waals surface area (Å²) in [5, 5.41) is 15.0. The van der Waals surface area contributed by atoms with Gasteiger partial charge in [-0.05, 0) is 24.3 Å². The summed E-state index contributed by atoms with van der Waals surface area (Å²) in [6.45, 7) is 0. The summed E-state index contributed by atoms with van der Waals surface area (Å²) in [5.41, 5.74) is 3.35. The first-order valence-corrected chi connectivity index (χ1v) is 8.10. The molecule has 0 fully saturated rings. The summed E-state index contributed by atoms with van der Waals surface area (Å²) in [5.74, 6) is 0. The quantitative estimate of drug-likeness (QED) is 0.518. The molecule has 0 aliphatic rings. The Morgan fingerprint density at radius 3 is 2.45 bits per heavy atom. The third-order valence-corrected chi connectivity index (χ3v) is 3.91. The van der Waals surface area contributed by atoms with Gasteiger partial charge in [0.05, 0.1) is 27.3 Å². The first-order valence-electron chi connectivity index (χ1n) is 6.20. The maximum absolute atomic E-state index is 11.4. The molecule has 0 unspecified atom stereocenters. The van der Waals surface area contributed by atoms with E-state index >= 15 is 0 Å². The van der Waals surface area contributed by atoms with Gasteiger partial charge in [-0.15, -0.1) is 0 Å². The van der Waals surface area contributed by atoms with Crippen LogP contribution in [0.15, 0.2) is 58.5 Å². The number of hydrogen-bond donors (Lipinski definition) is 1. The zero-order valence-electron chi connectivity index (χ0n) is 11.6. The molecule has 0 aromatic heterocycles. The number of sulfone groups is 1. The van der Waals surface area contributed by atoms with Crippen molar-refractivity contribution < 1.29 is 13.3 Å². The minimum atomic E-state index is -3.50. The molecule has 8 heteroatoms. The Bertz CT molecular complexity index is 817. The average molecular weight is 319 g/mol. The van der Waals surface area contributed by atoms with Gasteiger partial charge >= 0.3 is 0 Å². The van der Waals surface area contributed by atoms with Crippen molar-refractivity contribution in [1.82, 2.24) is 0 Å². The number of nitro benzene ring substituents is 1. The van der Waals surface area contributed by atoms with Crippen LogP contribution in [-0.2, 0) is 9.84 Å². The number of rotatable bonds is 5. The smallest absolute Gasteiger partial charge is 0.279 e. The normalized spacial score (nSPS) is 11.5. The van der Waals surface area contributed by atoms with Gasteiger partial charge in [0.1, 0.15) is 0 Å². The highest BCUT2D eigenvalue weighted by Crippen LogP contribution is 2.21. The summed E-state index contributed by atoms with van der Waals surface area (Å²) in [4.78, 5) is 10.3. The Balaban J connectivity index is 2.29. The maximum Gasteiger partial charge on any atom is 0.279 e. The zero-order chi connectivity index (χ0) is 16.2. The van der Waals surface area contributed by atoms with E-state index < -0.39 is 14.8 Å². The lowest BCUT2D eigenvalue weighted by Gasteiger charge is -2.02. The van der Waals surface area contributed by atoms with Crippen molar-refractivity contribution in [3.63, 3.8) is 0 Å². The van der Waals surface area contributed by atoms with Gasteiger partial charge in [-0.2, -0.15) is 5.10 Å². The molecule has 114 valence electrons. The van der Waals surface area contributed by atoms with Crippen molar-refractivity contribution >= 4 is 27.4 Å². The Morgan fingerprint density at radius 1 is 1.18 bits per heavy atom. The monoisotopic (exact) mass is 319 g/mol. The van der Waals surface area contributed by atoms with Crippen molar-refractivity contribution in [1.29, 1.82) is 0 Å². The molecule has 2 rings (SSSR count). The van der Waals surface area contributed by atoms with Crippen LogP contribution in [0.1, 0.15) is 5.56 Å². The number of anilines is 1. The molecule has 0 atom stereocenters. The van der Waals surface area contributed by atoms with Crippen LogP contribution in [0.25, 0.3) is 0 Å². The minimum Gasteiger partial charge on any atom is -0.279 e. The van der Waals surface area contributed by atoms with E-state index in [1.807, 2.05) is 18.2 Å². The largest absolute Gasteiger partial charge is 0.279 e. The van der Waals surface area contributed by atoms with E-state index in [2.05, 4.69) is 10.5 Å². The van der Waals surface area contributed by atoms with Crippen LogP contribution in [0.4, 0.5) is 11.4 Å². The van der Waals surface area contributed by atoms with Gasteiger partial charge in [-0.25, -0.2) is 8.42 Å². The van der Waals surface area contributed by atoms with Crippen LogP contribution >= 0.6 is 0 Å². The topological polar surface area (TPSA) is 102 Å². The SMILES string of the molecule is CS(=O)(=O)c1ccc(C=NNc2ccccc2)c([N+](=O)[O-])c1. The molecule has 1 N–H and O–H groups in total. The summed E-state index contributed by atoms with van der Waals surface area (Å²) >= 11 is 0. The first kappa shape index (κ1) is 15.6. The molecule has 2 aromatic rings. The number of para-hydroxylation sites is 1. The van der Waals surface area contributed by atoms with Crippen LogP contribution in [-0.4, -0.2) is 25.8 Å². The molecule has 7 nitrogen and oxygen atoms in total. The molecule has 0 aliphatic carbocycles. The number of nitro groups is 1.